The van der Waals surface area contributed by atoms with Crippen LogP contribution in [-0.2, 0) is 9.59 Å². The van der Waals surface area contributed by atoms with Gasteiger partial charge in [-0.3, -0.25) is 14.9 Å². The Kier molecular flexibility index (Phi) is 5.41. The third-order valence-electron chi connectivity index (χ3n) is 5.02. The Hall–Kier alpha value is -3.42. The number of nitrogens with zero attached hydrogens (tertiary/aromatic N) is 3. The largest absolute Gasteiger partial charge is 0.368 e. The van der Waals surface area contributed by atoms with Gasteiger partial charge in [-0.05, 0) is 36.4 Å². The standard InChI is InChI=1S/C21H22FN5O2/c22-15-6-8-17(9-7-15)26-10-12-27(13-11-26)21-24-18(14-19(28)25-21)20(29)23-16-4-2-1-3-5-16/h1-9,18H,10-14H2,(H,23,29)(H,24,25,28)/t18-/m0/s1. The van der Waals surface area contributed by atoms with Crippen molar-refractivity contribution in [2.45, 2.75) is 12.5 Å². The van der Waals surface area contributed by atoms with Gasteiger partial charge < -0.3 is 15.1 Å². The van der Waals surface area contributed by atoms with Gasteiger partial charge in [0.05, 0.1) is 6.42 Å². The quantitative estimate of drug-likeness (QED) is 0.831. The molecule has 8 heteroatoms. The summed E-state index contributed by atoms with van der Waals surface area (Å²) in [6, 6.07) is 14.8. The Morgan fingerprint density at radius 3 is 2.34 bits per heavy atom. The SMILES string of the molecule is O=C1C[C@@H](C(=O)Nc2ccccc2)N=C(N2CCN(c3ccc(F)cc3)CC2)N1. The lowest BCUT2D eigenvalue weighted by molar-refractivity contribution is -0.125. The summed E-state index contributed by atoms with van der Waals surface area (Å²) < 4.78 is 13.1. The van der Waals surface area contributed by atoms with E-state index in [0.717, 1.165) is 5.69 Å². The van der Waals surface area contributed by atoms with Gasteiger partial charge in [-0.2, -0.15) is 0 Å². The van der Waals surface area contributed by atoms with Gasteiger partial charge in [0.2, 0.25) is 17.8 Å². The molecule has 150 valence electrons. The molecule has 2 aromatic carbocycles. The molecule has 2 aliphatic heterocycles. The molecule has 0 aromatic heterocycles. The van der Waals surface area contributed by atoms with Crippen molar-refractivity contribution in [3.63, 3.8) is 0 Å². The number of aliphatic imine (C=N–C) groups is 1. The smallest absolute Gasteiger partial charge is 0.249 e. The van der Waals surface area contributed by atoms with Gasteiger partial charge in [0, 0.05) is 37.6 Å². The average molecular weight is 395 g/mol. The summed E-state index contributed by atoms with van der Waals surface area (Å²) in [5.74, 6) is -0.336. The molecule has 0 radical (unpaired) electrons. The highest BCUT2D eigenvalue weighted by molar-refractivity contribution is 6.06. The summed E-state index contributed by atoms with van der Waals surface area (Å²) in [5.41, 5.74) is 1.63. The number of amides is 2. The summed E-state index contributed by atoms with van der Waals surface area (Å²) >= 11 is 0. The molecule has 1 fully saturated rings. The van der Waals surface area contributed by atoms with Crippen LogP contribution >= 0.6 is 0 Å². The number of benzene rings is 2. The van der Waals surface area contributed by atoms with Gasteiger partial charge in [0.15, 0.2) is 0 Å². The molecule has 0 bridgehead atoms. The maximum absolute atomic E-state index is 13.1. The van der Waals surface area contributed by atoms with Gasteiger partial charge in [0.25, 0.3) is 0 Å². The number of nitrogens with one attached hydrogen (secondary N) is 2. The molecule has 0 saturated carbocycles. The minimum atomic E-state index is -0.755. The minimum Gasteiger partial charge on any atom is -0.368 e. The zero-order valence-electron chi connectivity index (χ0n) is 15.8. The van der Waals surface area contributed by atoms with Crippen LogP contribution in [0.1, 0.15) is 6.42 Å². The van der Waals surface area contributed by atoms with Crippen molar-refractivity contribution >= 4 is 29.1 Å². The van der Waals surface area contributed by atoms with Crippen molar-refractivity contribution in [3.05, 3.63) is 60.4 Å². The molecule has 2 N–H and O–H groups in total. The second-order valence-corrected chi connectivity index (χ2v) is 7.03. The van der Waals surface area contributed by atoms with Crippen LogP contribution in [0.25, 0.3) is 0 Å². The predicted octanol–water partition coefficient (Wildman–Crippen LogP) is 1.83. The number of hydrogen-bond acceptors (Lipinski definition) is 5. The normalized spacial score (nSPS) is 19.4. The zero-order valence-corrected chi connectivity index (χ0v) is 15.8. The first-order chi connectivity index (χ1) is 14.1. The van der Waals surface area contributed by atoms with E-state index in [1.165, 1.54) is 12.1 Å². The van der Waals surface area contributed by atoms with Crippen LogP contribution < -0.4 is 15.5 Å². The Labute approximate surface area is 168 Å². The van der Waals surface area contributed by atoms with Crippen LogP contribution in [-0.4, -0.2) is 54.9 Å². The van der Waals surface area contributed by atoms with Crippen molar-refractivity contribution in [1.82, 2.24) is 10.2 Å². The minimum absolute atomic E-state index is 0.0255. The van der Waals surface area contributed by atoms with Crippen LogP contribution in [0, 0.1) is 5.82 Å². The number of halogens is 1. The third kappa shape index (κ3) is 4.53. The predicted molar refractivity (Wildman–Crippen MR) is 109 cm³/mol. The fourth-order valence-corrected chi connectivity index (χ4v) is 3.46. The lowest BCUT2D eigenvalue weighted by atomic mass is 10.1. The van der Waals surface area contributed by atoms with E-state index in [1.807, 2.05) is 23.1 Å². The van der Waals surface area contributed by atoms with Crippen LogP contribution in [0.15, 0.2) is 59.6 Å². The molecule has 0 aliphatic carbocycles. The monoisotopic (exact) mass is 395 g/mol. The number of guanidine groups is 1. The van der Waals surface area contributed by atoms with Gasteiger partial charge in [-0.25, -0.2) is 9.38 Å². The molecule has 2 aliphatic rings. The highest BCUT2D eigenvalue weighted by atomic mass is 19.1. The third-order valence-corrected chi connectivity index (χ3v) is 5.02. The number of carbonyl (C=O) groups is 2. The van der Waals surface area contributed by atoms with Gasteiger partial charge in [0.1, 0.15) is 11.9 Å². The molecular weight excluding hydrogens is 373 g/mol. The highest BCUT2D eigenvalue weighted by Crippen LogP contribution is 2.18. The molecule has 0 unspecified atom stereocenters. The van der Waals surface area contributed by atoms with E-state index in [9.17, 15) is 14.0 Å². The Bertz CT molecular complexity index is 908. The van der Waals surface area contributed by atoms with E-state index in [4.69, 9.17) is 0 Å². The van der Waals surface area contributed by atoms with E-state index < -0.39 is 6.04 Å². The zero-order chi connectivity index (χ0) is 20.2. The number of carbonyl (C=O) groups excluding carboxylic acids is 2. The second-order valence-electron chi connectivity index (χ2n) is 7.03. The molecule has 1 saturated heterocycles. The molecule has 29 heavy (non-hydrogen) atoms. The number of anilines is 2. The number of rotatable bonds is 3. The van der Waals surface area contributed by atoms with Crippen molar-refractivity contribution in [2.24, 2.45) is 4.99 Å². The summed E-state index contributed by atoms with van der Waals surface area (Å²) in [5, 5.41) is 5.59. The van der Waals surface area contributed by atoms with Crippen LogP contribution in [0.3, 0.4) is 0 Å². The van der Waals surface area contributed by atoms with Crippen LogP contribution in [0.4, 0.5) is 15.8 Å². The molecule has 0 spiro atoms. The first-order valence-electron chi connectivity index (χ1n) is 9.57. The van der Waals surface area contributed by atoms with Crippen LogP contribution in [0.2, 0.25) is 0 Å². The Balaban J connectivity index is 1.40. The molecule has 4 rings (SSSR count). The molecule has 7 nitrogen and oxygen atoms in total. The van der Waals surface area contributed by atoms with E-state index >= 15 is 0 Å². The van der Waals surface area contributed by atoms with E-state index in [0.29, 0.717) is 37.8 Å². The fraction of sp³-hybridized carbons (Fsp3) is 0.286. The van der Waals surface area contributed by atoms with Gasteiger partial charge >= 0.3 is 0 Å². The van der Waals surface area contributed by atoms with Gasteiger partial charge in [-0.1, -0.05) is 18.2 Å². The summed E-state index contributed by atoms with van der Waals surface area (Å²) in [6.07, 6.45) is 0.0255. The first-order valence-corrected chi connectivity index (χ1v) is 9.57. The van der Waals surface area contributed by atoms with E-state index in [1.54, 1.807) is 24.3 Å². The van der Waals surface area contributed by atoms with Crippen molar-refractivity contribution in [3.8, 4) is 0 Å². The van der Waals surface area contributed by atoms with Crippen molar-refractivity contribution in [1.29, 1.82) is 0 Å². The summed E-state index contributed by atoms with van der Waals surface area (Å²) in [7, 11) is 0. The number of para-hydroxylation sites is 1. The maximum Gasteiger partial charge on any atom is 0.249 e. The van der Waals surface area contributed by atoms with E-state index in [2.05, 4.69) is 20.5 Å². The molecule has 2 aromatic rings. The molecule has 1 atom stereocenters. The summed E-state index contributed by atoms with van der Waals surface area (Å²) in [6.45, 7) is 2.70. The fourth-order valence-electron chi connectivity index (χ4n) is 3.46. The highest BCUT2D eigenvalue weighted by Gasteiger charge is 2.30. The van der Waals surface area contributed by atoms with E-state index in [-0.39, 0.29) is 24.1 Å². The number of piperazine rings is 1. The molecule has 2 heterocycles. The van der Waals surface area contributed by atoms with Crippen molar-refractivity contribution in [2.75, 3.05) is 36.4 Å². The van der Waals surface area contributed by atoms with Gasteiger partial charge in [-0.15, -0.1) is 0 Å². The number of hydrogen-bond donors (Lipinski definition) is 2. The maximum atomic E-state index is 13.1. The topological polar surface area (TPSA) is 77.0 Å². The second kappa shape index (κ2) is 8.30. The average Bonchev–Trinajstić information content (AvgIpc) is 2.75. The summed E-state index contributed by atoms with van der Waals surface area (Å²) in [4.78, 5) is 33.3. The Morgan fingerprint density at radius 1 is 1.00 bits per heavy atom. The van der Waals surface area contributed by atoms with Crippen molar-refractivity contribution < 1.29 is 14.0 Å². The lowest BCUT2D eigenvalue weighted by Crippen LogP contribution is -2.56. The Morgan fingerprint density at radius 2 is 1.66 bits per heavy atom. The molecular formula is C21H22FN5O2. The molecule has 2 amide bonds. The lowest BCUT2D eigenvalue weighted by Gasteiger charge is -2.38. The van der Waals surface area contributed by atoms with Crippen LogP contribution in [0.5, 0.6) is 0 Å². The first kappa shape index (κ1) is 18.9.